The minimum atomic E-state index is 0.378. The van der Waals surface area contributed by atoms with Gasteiger partial charge < -0.3 is 10.1 Å². The summed E-state index contributed by atoms with van der Waals surface area (Å²) < 4.78 is 5.63. The van der Waals surface area contributed by atoms with E-state index >= 15 is 0 Å². The molecule has 1 aliphatic rings. The molecule has 1 aromatic heterocycles. The van der Waals surface area contributed by atoms with E-state index in [-0.39, 0.29) is 0 Å². The Kier molecular flexibility index (Phi) is 4.72. The van der Waals surface area contributed by atoms with Crippen LogP contribution in [0.1, 0.15) is 42.8 Å². The smallest absolute Gasteiger partial charge is 0.0512 e. The van der Waals surface area contributed by atoms with Crippen LogP contribution in [0.5, 0.6) is 0 Å². The zero-order valence-electron chi connectivity index (χ0n) is 11.7. The van der Waals surface area contributed by atoms with Gasteiger partial charge in [0.1, 0.15) is 0 Å². The van der Waals surface area contributed by atoms with Crippen molar-refractivity contribution in [1.82, 2.24) is 10.3 Å². The molecule has 2 rings (SSSR count). The quantitative estimate of drug-likeness (QED) is 0.889. The highest BCUT2D eigenvalue weighted by Crippen LogP contribution is 2.30. The van der Waals surface area contributed by atoms with Gasteiger partial charge in [-0.05, 0) is 44.9 Å². The Morgan fingerprint density at radius 2 is 2.28 bits per heavy atom. The first-order valence-electron chi connectivity index (χ1n) is 6.97. The van der Waals surface area contributed by atoms with Crippen molar-refractivity contribution in [3.05, 3.63) is 29.1 Å². The fourth-order valence-electron chi connectivity index (χ4n) is 2.81. The van der Waals surface area contributed by atoms with Gasteiger partial charge >= 0.3 is 0 Å². The number of aromatic nitrogens is 1. The molecule has 1 N–H and O–H groups in total. The van der Waals surface area contributed by atoms with Crippen molar-refractivity contribution in [2.75, 3.05) is 19.8 Å². The van der Waals surface area contributed by atoms with E-state index in [1.807, 2.05) is 6.92 Å². The van der Waals surface area contributed by atoms with E-state index in [0.29, 0.717) is 12.0 Å². The van der Waals surface area contributed by atoms with Crippen molar-refractivity contribution in [2.45, 2.75) is 39.7 Å². The molecule has 2 unspecified atom stereocenters. The van der Waals surface area contributed by atoms with Crippen molar-refractivity contribution in [3.8, 4) is 0 Å². The predicted octanol–water partition coefficient (Wildman–Crippen LogP) is 2.78. The molecule has 0 amide bonds. The lowest BCUT2D eigenvalue weighted by atomic mass is 9.88. The molecule has 1 aliphatic heterocycles. The summed E-state index contributed by atoms with van der Waals surface area (Å²) in [5.41, 5.74) is 3.57. The number of rotatable bonds is 4. The van der Waals surface area contributed by atoms with Crippen molar-refractivity contribution in [1.29, 1.82) is 0 Å². The van der Waals surface area contributed by atoms with Gasteiger partial charge in [0.2, 0.25) is 0 Å². The average Bonchev–Trinajstić information content (AvgIpc) is 2.38. The van der Waals surface area contributed by atoms with Crippen LogP contribution >= 0.6 is 0 Å². The van der Waals surface area contributed by atoms with Crippen molar-refractivity contribution in [2.24, 2.45) is 5.92 Å². The van der Waals surface area contributed by atoms with E-state index in [2.05, 4.69) is 36.3 Å². The first-order chi connectivity index (χ1) is 8.72. The summed E-state index contributed by atoms with van der Waals surface area (Å²) in [7, 11) is 0. The second-order valence-corrected chi connectivity index (χ2v) is 5.14. The van der Waals surface area contributed by atoms with E-state index in [4.69, 9.17) is 4.74 Å². The lowest BCUT2D eigenvalue weighted by Crippen LogP contribution is -2.34. The van der Waals surface area contributed by atoms with E-state index in [1.165, 1.54) is 18.4 Å². The van der Waals surface area contributed by atoms with Crippen LogP contribution in [0.25, 0.3) is 0 Å². The molecule has 3 heteroatoms. The number of nitrogens with zero attached hydrogens (tertiary/aromatic N) is 1. The van der Waals surface area contributed by atoms with Gasteiger partial charge in [-0.15, -0.1) is 0 Å². The lowest BCUT2D eigenvalue weighted by Gasteiger charge is -2.31. The van der Waals surface area contributed by atoms with Gasteiger partial charge in [-0.2, -0.15) is 0 Å². The minimum Gasteiger partial charge on any atom is -0.381 e. The molecule has 0 saturated carbocycles. The normalized spacial score (nSPS) is 21.8. The molecule has 0 aliphatic carbocycles. The zero-order valence-corrected chi connectivity index (χ0v) is 11.7. The third-order valence-electron chi connectivity index (χ3n) is 3.69. The molecule has 18 heavy (non-hydrogen) atoms. The largest absolute Gasteiger partial charge is 0.381 e. The van der Waals surface area contributed by atoms with E-state index in [9.17, 15) is 0 Å². The first kappa shape index (κ1) is 13.5. The zero-order chi connectivity index (χ0) is 13.0. The van der Waals surface area contributed by atoms with Gasteiger partial charge in [0.15, 0.2) is 0 Å². The summed E-state index contributed by atoms with van der Waals surface area (Å²) in [6, 6.07) is 4.71. The molecule has 0 spiro atoms. The molecule has 1 saturated heterocycles. The van der Waals surface area contributed by atoms with Crippen LogP contribution in [-0.4, -0.2) is 24.7 Å². The maximum absolute atomic E-state index is 5.63. The fourth-order valence-corrected chi connectivity index (χ4v) is 2.81. The number of hydrogen-bond donors (Lipinski definition) is 1. The number of pyridine rings is 1. The fraction of sp³-hybridized carbons (Fsp3) is 0.667. The summed E-state index contributed by atoms with van der Waals surface area (Å²) in [6.45, 7) is 9.08. The molecule has 0 bridgehead atoms. The van der Waals surface area contributed by atoms with Crippen LogP contribution in [0.2, 0.25) is 0 Å². The van der Waals surface area contributed by atoms with Crippen molar-refractivity contribution < 1.29 is 4.74 Å². The molecule has 0 radical (unpaired) electrons. The summed E-state index contributed by atoms with van der Waals surface area (Å²) >= 11 is 0. The third-order valence-corrected chi connectivity index (χ3v) is 3.69. The standard InChI is InChI=1S/C15H24N2O/c1-4-16-15(13-6-5-9-18-10-13)14-8-7-11(2)17-12(14)3/h7-8,13,15-16H,4-6,9-10H2,1-3H3. The topological polar surface area (TPSA) is 34.2 Å². The minimum absolute atomic E-state index is 0.378. The highest BCUT2D eigenvalue weighted by atomic mass is 16.5. The predicted molar refractivity (Wildman–Crippen MR) is 73.7 cm³/mol. The third kappa shape index (κ3) is 3.09. The number of nitrogens with one attached hydrogen (secondary N) is 1. The second-order valence-electron chi connectivity index (χ2n) is 5.14. The Hall–Kier alpha value is -0.930. The maximum Gasteiger partial charge on any atom is 0.0512 e. The molecule has 1 fully saturated rings. The number of aryl methyl sites for hydroxylation is 2. The Bertz CT molecular complexity index is 386. The Morgan fingerprint density at radius 1 is 1.44 bits per heavy atom. The molecule has 2 heterocycles. The summed E-state index contributed by atoms with van der Waals surface area (Å²) in [5.74, 6) is 0.571. The second kappa shape index (κ2) is 6.30. The Morgan fingerprint density at radius 3 is 2.89 bits per heavy atom. The molecular formula is C15H24N2O. The number of hydrogen-bond acceptors (Lipinski definition) is 3. The van der Waals surface area contributed by atoms with Gasteiger partial charge in [0.25, 0.3) is 0 Å². The van der Waals surface area contributed by atoms with E-state index in [1.54, 1.807) is 0 Å². The highest BCUT2D eigenvalue weighted by molar-refractivity contribution is 5.26. The molecule has 1 aromatic rings. The van der Waals surface area contributed by atoms with Crippen LogP contribution in [0, 0.1) is 19.8 Å². The van der Waals surface area contributed by atoms with Gasteiger partial charge in [0.05, 0.1) is 6.61 Å². The van der Waals surface area contributed by atoms with Gasteiger partial charge in [-0.3, -0.25) is 4.98 Å². The molecular weight excluding hydrogens is 224 g/mol. The average molecular weight is 248 g/mol. The molecule has 100 valence electrons. The first-order valence-corrected chi connectivity index (χ1v) is 6.97. The molecule has 3 nitrogen and oxygen atoms in total. The van der Waals surface area contributed by atoms with Gasteiger partial charge in [-0.25, -0.2) is 0 Å². The Balaban J connectivity index is 2.22. The van der Waals surface area contributed by atoms with Crippen LogP contribution in [-0.2, 0) is 4.74 Å². The molecule has 2 atom stereocenters. The van der Waals surface area contributed by atoms with Gasteiger partial charge in [0, 0.05) is 30.0 Å². The van der Waals surface area contributed by atoms with Crippen LogP contribution in [0.15, 0.2) is 12.1 Å². The van der Waals surface area contributed by atoms with Crippen LogP contribution in [0.3, 0.4) is 0 Å². The SMILES string of the molecule is CCNC(c1ccc(C)nc1C)C1CCCOC1. The van der Waals surface area contributed by atoms with E-state index < -0.39 is 0 Å². The number of ether oxygens (including phenoxy) is 1. The van der Waals surface area contributed by atoms with Crippen LogP contribution < -0.4 is 5.32 Å². The summed E-state index contributed by atoms with van der Waals surface area (Å²) in [5, 5.41) is 3.61. The van der Waals surface area contributed by atoms with Crippen molar-refractivity contribution >= 4 is 0 Å². The highest BCUT2D eigenvalue weighted by Gasteiger charge is 2.26. The molecule has 0 aromatic carbocycles. The van der Waals surface area contributed by atoms with E-state index in [0.717, 1.165) is 31.1 Å². The maximum atomic E-state index is 5.63. The van der Waals surface area contributed by atoms with Crippen LogP contribution in [0.4, 0.5) is 0 Å². The lowest BCUT2D eigenvalue weighted by molar-refractivity contribution is 0.0391. The monoisotopic (exact) mass is 248 g/mol. The van der Waals surface area contributed by atoms with Gasteiger partial charge in [-0.1, -0.05) is 13.0 Å². The summed E-state index contributed by atoms with van der Waals surface area (Å²) in [6.07, 6.45) is 2.41. The Labute approximate surface area is 110 Å². The summed E-state index contributed by atoms with van der Waals surface area (Å²) in [4.78, 5) is 4.59. The van der Waals surface area contributed by atoms with Crippen molar-refractivity contribution in [3.63, 3.8) is 0 Å².